The highest BCUT2D eigenvalue weighted by Gasteiger charge is 2.28. The standard InChI is InChI=1S/C15H26N2/c1-10(2)11-12(14(3,4)5)16-9-17-13(11)15(6,7)8/h9-10H,1-8H3. The minimum Gasteiger partial charge on any atom is -0.241 e. The zero-order valence-electron chi connectivity index (χ0n) is 12.5. The smallest absolute Gasteiger partial charge is 0.116 e. The lowest BCUT2D eigenvalue weighted by atomic mass is 9.79. The Bertz CT molecular complexity index is 360. The molecule has 0 saturated heterocycles. The van der Waals surface area contributed by atoms with Gasteiger partial charge in [-0.25, -0.2) is 9.97 Å². The molecule has 17 heavy (non-hydrogen) atoms. The topological polar surface area (TPSA) is 25.8 Å². The molecule has 0 bridgehead atoms. The number of rotatable bonds is 1. The van der Waals surface area contributed by atoms with Crippen molar-refractivity contribution in [3.63, 3.8) is 0 Å². The predicted octanol–water partition coefficient (Wildman–Crippen LogP) is 4.20. The Morgan fingerprint density at radius 1 is 0.824 bits per heavy atom. The zero-order chi connectivity index (χ0) is 13.4. The zero-order valence-corrected chi connectivity index (χ0v) is 12.5. The second kappa shape index (κ2) is 4.40. The molecular formula is C15H26N2. The number of aromatic nitrogens is 2. The summed E-state index contributed by atoms with van der Waals surface area (Å²) in [7, 11) is 0. The van der Waals surface area contributed by atoms with Crippen molar-refractivity contribution < 1.29 is 0 Å². The summed E-state index contributed by atoms with van der Waals surface area (Å²) in [5.74, 6) is 0.458. The molecule has 0 spiro atoms. The summed E-state index contributed by atoms with van der Waals surface area (Å²) < 4.78 is 0. The van der Waals surface area contributed by atoms with Gasteiger partial charge in [-0.1, -0.05) is 55.4 Å². The normalized spacial score (nSPS) is 13.2. The van der Waals surface area contributed by atoms with Gasteiger partial charge in [-0.05, 0) is 11.5 Å². The van der Waals surface area contributed by atoms with Crippen LogP contribution in [0.4, 0.5) is 0 Å². The number of nitrogens with zero attached hydrogens (tertiary/aromatic N) is 2. The summed E-state index contributed by atoms with van der Waals surface area (Å²) in [5.41, 5.74) is 3.85. The average Bonchev–Trinajstić information content (AvgIpc) is 2.13. The first kappa shape index (κ1) is 14.1. The van der Waals surface area contributed by atoms with Crippen molar-refractivity contribution in [2.24, 2.45) is 0 Å². The van der Waals surface area contributed by atoms with E-state index >= 15 is 0 Å². The molecule has 0 amide bonds. The maximum absolute atomic E-state index is 4.53. The first-order chi connectivity index (χ1) is 7.55. The molecule has 1 aromatic rings. The van der Waals surface area contributed by atoms with E-state index in [1.165, 1.54) is 17.0 Å². The summed E-state index contributed by atoms with van der Waals surface area (Å²) in [6, 6.07) is 0. The molecule has 1 heterocycles. The molecule has 1 rings (SSSR count). The largest absolute Gasteiger partial charge is 0.241 e. The molecule has 0 atom stereocenters. The van der Waals surface area contributed by atoms with Gasteiger partial charge >= 0.3 is 0 Å². The van der Waals surface area contributed by atoms with Crippen LogP contribution in [0.3, 0.4) is 0 Å². The molecule has 0 radical (unpaired) electrons. The fourth-order valence-corrected chi connectivity index (χ4v) is 2.14. The van der Waals surface area contributed by atoms with Crippen LogP contribution in [0.2, 0.25) is 0 Å². The van der Waals surface area contributed by atoms with Gasteiger partial charge in [0.15, 0.2) is 0 Å². The maximum Gasteiger partial charge on any atom is 0.116 e. The van der Waals surface area contributed by atoms with Gasteiger partial charge < -0.3 is 0 Å². The maximum atomic E-state index is 4.53. The van der Waals surface area contributed by atoms with Crippen LogP contribution in [0, 0.1) is 0 Å². The van der Waals surface area contributed by atoms with Crippen molar-refractivity contribution >= 4 is 0 Å². The van der Waals surface area contributed by atoms with Gasteiger partial charge in [-0.3, -0.25) is 0 Å². The minimum absolute atomic E-state index is 0.0720. The Kier molecular flexibility index (Phi) is 3.66. The van der Waals surface area contributed by atoms with Crippen molar-refractivity contribution in [1.29, 1.82) is 0 Å². The van der Waals surface area contributed by atoms with Gasteiger partial charge in [0.1, 0.15) is 6.33 Å². The Labute approximate surface area is 106 Å². The molecule has 0 aliphatic carbocycles. The van der Waals surface area contributed by atoms with E-state index in [-0.39, 0.29) is 10.8 Å². The summed E-state index contributed by atoms with van der Waals surface area (Å²) in [5, 5.41) is 0. The van der Waals surface area contributed by atoms with Gasteiger partial charge in [0, 0.05) is 10.8 Å². The molecule has 0 unspecified atom stereocenters. The van der Waals surface area contributed by atoms with E-state index in [4.69, 9.17) is 0 Å². The molecule has 2 heteroatoms. The van der Waals surface area contributed by atoms with Crippen LogP contribution in [0.25, 0.3) is 0 Å². The van der Waals surface area contributed by atoms with E-state index < -0.39 is 0 Å². The van der Waals surface area contributed by atoms with E-state index in [1.54, 1.807) is 6.33 Å². The molecule has 0 aliphatic rings. The van der Waals surface area contributed by atoms with E-state index in [2.05, 4.69) is 65.4 Å². The SMILES string of the molecule is CC(C)c1c(C(C)(C)C)ncnc1C(C)(C)C. The van der Waals surface area contributed by atoms with Crippen LogP contribution in [-0.2, 0) is 10.8 Å². The fraction of sp³-hybridized carbons (Fsp3) is 0.733. The monoisotopic (exact) mass is 234 g/mol. The number of hydrogen-bond acceptors (Lipinski definition) is 2. The van der Waals surface area contributed by atoms with E-state index in [0.717, 1.165) is 0 Å². The third kappa shape index (κ3) is 3.05. The molecule has 0 saturated carbocycles. The second-order valence-electron chi connectivity index (χ2n) is 7.14. The summed E-state index contributed by atoms with van der Waals surface area (Å²) in [6.07, 6.45) is 1.72. The summed E-state index contributed by atoms with van der Waals surface area (Å²) in [6.45, 7) is 17.7. The number of hydrogen-bond donors (Lipinski definition) is 0. The lowest BCUT2D eigenvalue weighted by Crippen LogP contribution is -2.24. The van der Waals surface area contributed by atoms with Crippen molar-refractivity contribution in [2.75, 3.05) is 0 Å². The molecule has 96 valence electrons. The third-order valence-electron chi connectivity index (χ3n) is 2.88. The quantitative estimate of drug-likeness (QED) is 0.728. The predicted molar refractivity (Wildman–Crippen MR) is 73.5 cm³/mol. The van der Waals surface area contributed by atoms with Crippen LogP contribution < -0.4 is 0 Å². The van der Waals surface area contributed by atoms with Crippen LogP contribution in [-0.4, -0.2) is 9.97 Å². The fourth-order valence-electron chi connectivity index (χ4n) is 2.14. The van der Waals surface area contributed by atoms with Gasteiger partial charge in [-0.15, -0.1) is 0 Å². The van der Waals surface area contributed by atoms with Crippen molar-refractivity contribution in [3.05, 3.63) is 23.3 Å². The molecule has 0 fully saturated rings. The molecule has 0 aromatic carbocycles. The molecular weight excluding hydrogens is 208 g/mol. The van der Waals surface area contributed by atoms with E-state index in [1.807, 2.05) is 0 Å². The van der Waals surface area contributed by atoms with Gasteiger partial charge in [0.25, 0.3) is 0 Å². The van der Waals surface area contributed by atoms with Crippen molar-refractivity contribution in [2.45, 2.75) is 72.1 Å². The Balaban J connectivity index is 3.55. The van der Waals surface area contributed by atoms with Crippen LogP contribution in [0.1, 0.15) is 78.3 Å². The molecule has 0 aliphatic heterocycles. The van der Waals surface area contributed by atoms with Gasteiger partial charge in [-0.2, -0.15) is 0 Å². The molecule has 0 N–H and O–H groups in total. The minimum atomic E-state index is 0.0720. The Hall–Kier alpha value is -0.920. The highest BCUT2D eigenvalue weighted by atomic mass is 14.9. The highest BCUT2D eigenvalue weighted by molar-refractivity contribution is 5.35. The second-order valence-corrected chi connectivity index (χ2v) is 7.14. The highest BCUT2D eigenvalue weighted by Crippen LogP contribution is 2.35. The van der Waals surface area contributed by atoms with E-state index in [0.29, 0.717) is 5.92 Å². The van der Waals surface area contributed by atoms with Crippen LogP contribution in [0.15, 0.2) is 6.33 Å². The Morgan fingerprint density at radius 2 is 1.18 bits per heavy atom. The van der Waals surface area contributed by atoms with Crippen LogP contribution >= 0.6 is 0 Å². The lowest BCUT2D eigenvalue weighted by molar-refractivity contribution is 0.515. The summed E-state index contributed by atoms with van der Waals surface area (Å²) in [4.78, 5) is 9.07. The van der Waals surface area contributed by atoms with E-state index in [9.17, 15) is 0 Å². The molecule has 2 nitrogen and oxygen atoms in total. The third-order valence-corrected chi connectivity index (χ3v) is 2.88. The molecule has 1 aromatic heterocycles. The average molecular weight is 234 g/mol. The van der Waals surface area contributed by atoms with Crippen molar-refractivity contribution in [3.8, 4) is 0 Å². The first-order valence-corrected chi connectivity index (χ1v) is 6.41. The Morgan fingerprint density at radius 3 is 1.41 bits per heavy atom. The van der Waals surface area contributed by atoms with Crippen LogP contribution in [0.5, 0.6) is 0 Å². The first-order valence-electron chi connectivity index (χ1n) is 6.41. The summed E-state index contributed by atoms with van der Waals surface area (Å²) >= 11 is 0. The van der Waals surface area contributed by atoms with Gasteiger partial charge in [0.2, 0.25) is 0 Å². The van der Waals surface area contributed by atoms with Gasteiger partial charge in [0.05, 0.1) is 11.4 Å². The lowest BCUT2D eigenvalue weighted by Gasteiger charge is -2.29. The van der Waals surface area contributed by atoms with Crippen molar-refractivity contribution in [1.82, 2.24) is 9.97 Å².